The van der Waals surface area contributed by atoms with E-state index in [4.69, 9.17) is 0 Å². The van der Waals surface area contributed by atoms with E-state index in [0.29, 0.717) is 12.2 Å². The van der Waals surface area contributed by atoms with E-state index in [1.807, 2.05) is 6.92 Å². The summed E-state index contributed by atoms with van der Waals surface area (Å²) in [4.78, 5) is 21.4. The second-order valence-corrected chi connectivity index (χ2v) is 5.32. The summed E-state index contributed by atoms with van der Waals surface area (Å²) >= 11 is 0. The van der Waals surface area contributed by atoms with Gasteiger partial charge in [0.15, 0.2) is 0 Å². The molecule has 0 spiro atoms. The lowest BCUT2D eigenvalue weighted by Crippen LogP contribution is -2.51. The molecule has 21 heavy (non-hydrogen) atoms. The fraction of sp³-hybridized carbons (Fsp3) is 0.643. The number of aliphatic carboxylic acids is 1. The van der Waals surface area contributed by atoms with Crippen LogP contribution in [0.4, 0.5) is 0 Å². The molecule has 7 nitrogen and oxygen atoms in total. The zero-order valence-corrected chi connectivity index (χ0v) is 12.9. The summed E-state index contributed by atoms with van der Waals surface area (Å²) in [6, 6.07) is -0.996. The molecule has 0 fully saturated rings. The monoisotopic (exact) mass is 296 g/mol. The molecule has 1 rings (SSSR count). The highest BCUT2D eigenvalue weighted by Crippen LogP contribution is 2.18. The van der Waals surface area contributed by atoms with Gasteiger partial charge in [0.05, 0.1) is 11.8 Å². The number of aliphatic hydroxyl groups excluding tert-OH is 1. The van der Waals surface area contributed by atoms with Gasteiger partial charge in [-0.05, 0) is 21.0 Å². The maximum Gasteiger partial charge on any atom is 0.321 e. The van der Waals surface area contributed by atoms with Gasteiger partial charge < -0.3 is 15.5 Å². The average molecular weight is 296 g/mol. The van der Waals surface area contributed by atoms with Crippen molar-refractivity contribution in [3.63, 3.8) is 0 Å². The van der Waals surface area contributed by atoms with Crippen LogP contribution in [0.15, 0.2) is 18.6 Å². The maximum absolute atomic E-state index is 11.6. The van der Waals surface area contributed by atoms with Crippen LogP contribution in [-0.2, 0) is 11.3 Å². The zero-order valence-electron chi connectivity index (χ0n) is 12.9. The summed E-state index contributed by atoms with van der Waals surface area (Å²) in [5.74, 6) is -1.40. The Bertz CT molecular complexity index is 443. The fourth-order valence-corrected chi connectivity index (χ4v) is 2.39. The van der Waals surface area contributed by atoms with E-state index in [2.05, 4.69) is 15.3 Å². The largest absolute Gasteiger partial charge is 0.480 e. The van der Waals surface area contributed by atoms with Gasteiger partial charge in [0.25, 0.3) is 0 Å². The third-order valence-electron chi connectivity index (χ3n) is 3.76. The summed E-state index contributed by atoms with van der Waals surface area (Å²) in [5, 5.41) is 22.7. The highest BCUT2D eigenvalue weighted by atomic mass is 16.4. The van der Waals surface area contributed by atoms with Gasteiger partial charge in [-0.15, -0.1) is 0 Å². The van der Waals surface area contributed by atoms with Crippen molar-refractivity contribution in [2.75, 3.05) is 14.1 Å². The molecule has 0 aliphatic heterocycles. The Morgan fingerprint density at radius 1 is 1.43 bits per heavy atom. The summed E-state index contributed by atoms with van der Waals surface area (Å²) in [6.07, 6.45) is 3.98. The summed E-state index contributed by atoms with van der Waals surface area (Å²) in [6.45, 7) is 3.92. The quantitative estimate of drug-likeness (QED) is 0.619. The molecule has 1 unspecified atom stereocenters. The first-order valence-corrected chi connectivity index (χ1v) is 6.91. The summed E-state index contributed by atoms with van der Waals surface area (Å²) in [5.41, 5.74) is 0.689. The molecule has 0 amide bonds. The minimum absolute atomic E-state index is 0.188. The summed E-state index contributed by atoms with van der Waals surface area (Å²) < 4.78 is 0. The van der Waals surface area contributed by atoms with Crippen LogP contribution in [0.2, 0.25) is 0 Å². The maximum atomic E-state index is 11.6. The third-order valence-corrected chi connectivity index (χ3v) is 3.76. The second-order valence-electron chi connectivity index (χ2n) is 5.32. The lowest BCUT2D eigenvalue weighted by atomic mass is 9.90. The Labute approximate surface area is 125 Å². The molecular formula is C14H24N4O3. The van der Waals surface area contributed by atoms with Gasteiger partial charge in [0.2, 0.25) is 0 Å². The fourth-order valence-electron chi connectivity index (χ4n) is 2.39. The molecule has 0 radical (unpaired) electrons. The highest BCUT2D eigenvalue weighted by molar-refractivity contribution is 5.74. The van der Waals surface area contributed by atoms with Crippen molar-refractivity contribution in [3.05, 3.63) is 24.3 Å². The van der Waals surface area contributed by atoms with Crippen molar-refractivity contribution >= 4 is 5.97 Å². The van der Waals surface area contributed by atoms with Crippen molar-refractivity contribution in [2.45, 2.75) is 38.6 Å². The number of aliphatic hydroxyl groups is 1. The van der Waals surface area contributed by atoms with Gasteiger partial charge in [0.1, 0.15) is 6.04 Å². The number of nitrogens with one attached hydrogen (secondary N) is 1. The Kier molecular flexibility index (Phi) is 6.67. The van der Waals surface area contributed by atoms with E-state index >= 15 is 0 Å². The van der Waals surface area contributed by atoms with Crippen molar-refractivity contribution in [1.29, 1.82) is 0 Å². The molecular weight excluding hydrogens is 272 g/mol. The normalized spacial score (nSPS) is 17.2. The van der Waals surface area contributed by atoms with Crippen LogP contribution in [0.25, 0.3) is 0 Å². The van der Waals surface area contributed by atoms with Crippen molar-refractivity contribution in [3.8, 4) is 0 Å². The molecule has 0 bridgehead atoms. The number of hydrogen-bond acceptors (Lipinski definition) is 6. The molecule has 0 saturated heterocycles. The lowest BCUT2D eigenvalue weighted by molar-refractivity contribution is -0.147. The van der Waals surface area contributed by atoms with Gasteiger partial charge in [0, 0.05) is 37.1 Å². The van der Waals surface area contributed by atoms with Gasteiger partial charge >= 0.3 is 5.97 Å². The first-order chi connectivity index (χ1) is 9.88. The smallest absolute Gasteiger partial charge is 0.321 e. The molecule has 4 atom stereocenters. The Morgan fingerprint density at radius 2 is 2.10 bits per heavy atom. The van der Waals surface area contributed by atoms with E-state index in [-0.39, 0.29) is 6.04 Å². The molecule has 0 saturated carbocycles. The van der Waals surface area contributed by atoms with Gasteiger partial charge in [-0.25, -0.2) is 0 Å². The minimum Gasteiger partial charge on any atom is -0.480 e. The zero-order chi connectivity index (χ0) is 16.0. The van der Waals surface area contributed by atoms with Crippen LogP contribution in [0.5, 0.6) is 0 Å². The minimum atomic E-state index is -0.962. The first-order valence-electron chi connectivity index (χ1n) is 6.91. The predicted octanol–water partition coefficient (Wildman–Crippen LogP) is -0.0335. The number of hydrogen-bond donors (Lipinski definition) is 3. The molecule has 0 aromatic carbocycles. The van der Waals surface area contributed by atoms with Crippen LogP contribution in [-0.4, -0.2) is 63.3 Å². The van der Waals surface area contributed by atoms with Gasteiger partial charge in [-0.1, -0.05) is 6.92 Å². The number of carbonyl (C=O) groups is 1. The SMILES string of the molecule is CN[C@@H](C)[C@H](O)[C@H](C)C(C(=O)O)N(C)Cc1cnccn1. The number of rotatable bonds is 8. The molecule has 7 heteroatoms. The van der Waals surface area contributed by atoms with Gasteiger partial charge in [-0.3, -0.25) is 19.7 Å². The van der Waals surface area contributed by atoms with Crippen LogP contribution >= 0.6 is 0 Å². The molecule has 1 aromatic heterocycles. The van der Waals surface area contributed by atoms with E-state index in [1.54, 1.807) is 44.5 Å². The van der Waals surface area contributed by atoms with Crippen molar-refractivity contribution < 1.29 is 15.0 Å². The number of carboxylic acid groups (broad SMARTS) is 1. The number of aromatic nitrogens is 2. The van der Waals surface area contributed by atoms with E-state index < -0.39 is 24.0 Å². The molecule has 1 heterocycles. The Balaban J connectivity index is 2.83. The standard InChI is InChI=1S/C14H24N4O3/c1-9(13(19)10(2)15-3)12(14(20)21)18(4)8-11-7-16-5-6-17-11/h5-7,9-10,12-13,15,19H,8H2,1-4H3,(H,20,21)/t9-,10+,12?,13-/m1/s1. The van der Waals surface area contributed by atoms with Crippen LogP contribution < -0.4 is 5.32 Å². The van der Waals surface area contributed by atoms with Crippen molar-refractivity contribution in [1.82, 2.24) is 20.2 Å². The Morgan fingerprint density at radius 3 is 2.57 bits per heavy atom. The number of nitrogens with zero attached hydrogens (tertiary/aromatic N) is 3. The lowest BCUT2D eigenvalue weighted by Gasteiger charge is -2.34. The molecule has 0 aliphatic carbocycles. The van der Waals surface area contributed by atoms with Crippen LogP contribution in [0.1, 0.15) is 19.5 Å². The van der Waals surface area contributed by atoms with E-state index in [0.717, 1.165) is 0 Å². The molecule has 3 N–H and O–H groups in total. The Hall–Kier alpha value is -1.57. The van der Waals surface area contributed by atoms with E-state index in [9.17, 15) is 15.0 Å². The average Bonchev–Trinajstić information content (AvgIpc) is 2.46. The number of carboxylic acids is 1. The van der Waals surface area contributed by atoms with Gasteiger partial charge in [-0.2, -0.15) is 0 Å². The van der Waals surface area contributed by atoms with E-state index in [1.165, 1.54) is 0 Å². The van der Waals surface area contributed by atoms with Crippen LogP contribution in [0.3, 0.4) is 0 Å². The first kappa shape index (κ1) is 17.5. The van der Waals surface area contributed by atoms with Crippen LogP contribution in [0, 0.1) is 5.92 Å². The molecule has 0 aliphatic rings. The molecule has 1 aromatic rings. The second kappa shape index (κ2) is 8.02. The van der Waals surface area contributed by atoms with Crippen molar-refractivity contribution in [2.24, 2.45) is 5.92 Å². The number of likely N-dealkylation sites (N-methyl/N-ethyl adjacent to an activating group) is 2. The topological polar surface area (TPSA) is 98.6 Å². The highest BCUT2D eigenvalue weighted by Gasteiger charge is 2.35. The third kappa shape index (κ3) is 4.73. The predicted molar refractivity (Wildman–Crippen MR) is 78.6 cm³/mol. The summed E-state index contributed by atoms with van der Waals surface area (Å²) in [7, 11) is 3.44. The molecule has 118 valence electrons.